The Morgan fingerprint density at radius 1 is 1.13 bits per heavy atom. The van der Waals surface area contributed by atoms with Crippen molar-refractivity contribution in [1.29, 1.82) is 0 Å². The number of hydrogen-bond acceptors (Lipinski definition) is 2. The summed E-state index contributed by atoms with van der Waals surface area (Å²) in [7, 11) is 0. The molecule has 0 saturated carbocycles. The first-order valence-electron chi connectivity index (χ1n) is 8.35. The molecule has 0 aliphatic rings. The maximum Gasteiger partial charge on any atom is 0.242 e. The molecule has 0 heterocycles. The van der Waals surface area contributed by atoms with Crippen molar-refractivity contribution in [3.63, 3.8) is 0 Å². The highest BCUT2D eigenvalue weighted by molar-refractivity contribution is 6.30. The van der Waals surface area contributed by atoms with Gasteiger partial charge in [-0.2, -0.15) is 0 Å². The lowest BCUT2D eigenvalue weighted by molar-refractivity contribution is -0.141. The van der Waals surface area contributed by atoms with E-state index >= 15 is 0 Å². The van der Waals surface area contributed by atoms with Crippen LogP contribution in [0.1, 0.15) is 52.0 Å². The van der Waals surface area contributed by atoms with Crippen LogP contribution in [0.25, 0.3) is 0 Å². The van der Waals surface area contributed by atoms with E-state index in [1.54, 1.807) is 17.0 Å². The topological polar surface area (TPSA) is 49.4 Å². The molecule has 1 atom stereocenters. The maximum absolute atomic E-state index is 12.5. The van der Waals surface area contributed by atoms with Gasteiger partial charge in [0.15, 0.2) is 0 Å². The second-order valence-corrected chi connectivity index (χ2v) is 6.05. The Hall–Kier alpha value is -1.55. The quantitative estimate of drug-likeness (QED) is 0.745. The van der Waals surface area contributed by atoms with Crippen LogP contribution in [-0.2, 0) is 16.1 Å². The van der Waals surface area contributed by atoms with Gasteiger partial charge in [-0.15, -0.1) is 0 Å². The van der Waals surface area contributed by atoms with Crippen LogP contribution < -0.4 is 5.32 Å². The third-order valence-electron chi connectivity index (χ3n) is 3.67. The normalized spacial score (nSPS) is 11.8. The van der Waals surface area contributed by atoms with Crippen molar-refractivity contribution in [1.82, 2.24) is 10.2 Å². The van der Waals surface area contributed by atoms with Gasteiger partial charge in [-0.1, -0.05) is 44.5 Å². The van der Waals surface area contributed by atoms with Crippen LogP contribution in [0.5, 0.6) is 0 Å². The monoisotopic (exact) mass is 338 g/mol. The average Bonchev–Trinajstić information content (AvgIpc) is 2.54. The van der Waals surface area contributed by atoms with Crippen LogP contribution in [0.3, 0.4) is 0 Å². The van der Waals surface area contributed by atoms with Crippen LogP contribution in [-0.4, -0.2) is 29.3 Å². The molecule has 0 aliphatic carbocycles. The molecule has 128 valence electrons. The molecule has 0 spiro atoms. The van der Waals surface area contributed by atoms with Crippen LogP contribution in [0, 0.1) is 0 Å². The van der Waals surface area contributed by atoms with Gasteiger partial charge in [0.25, 0.3) is 0 Å². The molecule has 23 heavy (non-hydrogen) atoms. The molecule has 0 fully saturated rings. The summed E-state index contributed by atoms with van der Waals surface area (Å²) >= 11 is 5.91. The molecule has 2 amide bonds. The molecule has 1 aromatic rings. The zero-order valence-corrected chi connectivity index (χ0v) is 15.0. The number of carbonyl (C=O) groups excluding carboxylic acids is 2. The Morgan fingerprint density at radius 2 is 1.78 bits per heavy atom. The predicted octanol–water partition coefficient (Wildman–Crippen LogP) is 3.77. The Morgan fingerprint density at radius 3 is 2.30 bits per heavy atom. The van der Waals surface area contributed by atoms with Gasteiger partial charge in [0.2, 0.25) is 11.8 Å². The van der Waals surface area contributed by atoms with Crippen molar-refractivity contribution >= 4 is 23.4 Å². The highest BCUT2D eigenvalue weighted by Crippen LogP contribution is 2.16. The SMILES string of the molecule is CCCNC(=O)[C@H](CC)N(Cc1ccc(Cl)cc1)C(=O)CCC. The molecule has 5 heteroatoms. The first kappa shape index (κ1) is 19.5. The number of rotatable bonds is 9. The third-order valence-corrected chi connectivity index (χ3v) is 3.92. The Kier molecular flexibility index (Phi) is 8.70. The van der Waals surface area contributed by atoms with Crippen molar-refractivity contribution in [2.24, 2.45) is 0 Å². The molecule has 1 rings (SSSR count). The number of carbonyl (C=O) groups is 2. The molecule has 0 saturated heterocycles. The summed E-state index contributed by atoms with van der Waals surface area (Å²) in [5.74, 6) is -0.0614. The predicted molar refractivity (Wildman–Crippen MR) is 94.3 cm³/mol. The summed E-state index contributed by atoms with van der Waals surface area (Å²) in [5.41, 5.74) is 0.973. The Bertz CT molecular complexity index is 502. The second-order valence-electron chi connectivity index (χ2n) is 5.61. The molecule has 0 bridgehead atoms. The lowest BCUT2D eigenvalue weighted by Crippen LogP contribution is -2.49. The summed E-state index contributed by atoms with van der Waals surface area (Å²) in [4.78, 5) is 26.6. The van der Waals surface area contributed by atoms with E-state index in [1.807, 2.05) is 32.9 Å². The van der Waals surface area contributed by atoms with E-state index in [2.05, 4.69) is 5.32 Å². The van der Waals surface area contributed by atoms with E-state index in [4.69, 9.17) is 11.6 Å². The summed E-state index contributed by atoms with van der Waals surface area (Å²) in [5, 5.41) is 3.56. The van der Waals surface area contributed by atoms with Crippen LogP contribution in [0.15, 0.2) is 24.3 Å². The molecule has 1 aromatic carbocycles. The fourth-order valence-corrected chi connectivity index (χ4v) is 2.56. The molecule has 4 nitrogen and oxygen atoms in total. The molecule has 1 N–H and O–H groups in total. The van der Waals surface area contributed by atoms with Crippen LogP contribution in [0.4, 0.5) is 0 Å². The lowest BCUT2D eigenvalue weighted by atomic mass is 10.1. The minimum absolute atomic E-state index is 0.0148. The smallest absolute Gasteiger partial charge is 0.242 e. The van der Waals surface area contributed by atoms with Crippen molar-refractivity contribution in [2.75, 3.05) is 6.54 Å². The van der Waals surface area contributed by atoms with Gasteiger partial charge >= 0.3 is 0 Å². The van der Waals surface area contributed by atoms with Crippen molar-refractivity contribution in [3.05, 3.63) is 34.9 Å². The van der Waals surface area contributed by atoms with E-state index in [0.29, 0.717) is 31.0 Å². The minimum atomic E-state index is -0.434. The van der Waals surface area contributed by atoms with Gasteiger partial charge in [-0.25, -0.2) is 0 Å². The molecule has 0 aliphatic heterocycles. The van der Waals surface area contributed by atoms with E-state index < -0.39 is 6.04 Å². The molecule has 0 unspecified atom stereocenters. The summed E-state index contributed by atoms with van der Waals surface area (Å²) in [6.07, 6.45) is 2.69. The van der Waals surface area contributed by atoms with Gasteiger partial charge in [0, 0.05) is 24.5 Å². The Labute approximate surface area is 144 Å². The molecular formula is C18H27ClN2O2. The fourth-order valence-electron chi connectivity index (χ4n) is 2.43. The van der Waals surface area contributed by atoms with Gasteiger partial charge in [0.05, 0.1) is 0 Å². The average molecular weight is 339 g/mol. The zero-order valence-electron chi connectivity index (χ0n) is 14.3. The number of amides is 2. The van der Waals surface area contributed by atoms with Crippen LogP contribution in [0.2, 0.25) is 5.02 Å². The Balaban J connectivity index is 2.94. The lowest BCUT2D eigenvalue weighted by Gasteiger charge is -2.30. The molecular weight excluding hydrogens is 312 g/mol. The van der Waals surface area contributed by atoms with Crippen LogP contribution >= 0.6 is 11.6 Å². The summed E-state index contributed by atoms with van der Waals surface area (Å²) in [6.45, 7) is 6.97. The first-order valence-corrected chi connectivity index (χ1v) is 8.72. The van der Waals surface area contributed by atoms with E-state index in [9.17, 15) is 9.59 Å². The van der Waals surface area contributed by atoms with Crippen molar-refractivity contribution < 1.29 is 9.59 Å². The second kappa shape index (κ2) is 10.3. The number of halogens is 1. The highest BCUT2D eigenvalue weighted by atomic mass is 35.5. The third kappa shape index (κ3) is 6.22. The summed E-state index contributed by atoms with van der Waals surface area (Å²) < 4.78 is 0. The zero-order chi connectivity index (χ0) is 17.2. The number of nitrogens with one attached hydrogen (secondary N) is 1. The largest absolute Gasteiger partial charge is 0.354 e. The van der Waals surface area contributed by atoms with Gasteiger partial charge in [-0.3, -0.25) is 9.59 Å². The van der Waals surface area contributed by atoms with Gasteiger partial charge in [0.1, 0.15) is 6.04 Å². The van der Waals surface area contributed by atoms with Gasteiger partial charge < -0.3 is 10.2 Å². The van der Waals surface area contributed by atoms with E-state index in [1.165, 1.54) is 0 Å². The first-order chi connectivity index (χ1) is 11.0. The number of benzene rings is 1. The molecule has 0 radical (unpaired) electrons. The van der Waals surface area contributed by atoms with E-state index in [0.717, 1.165) is 18.4 Å². The number of hydrogen-bond donors (Lipinski definition) is 1. The minimum Gasteiger partial charge on any atom is -0.354 e. The standard InChI is InChI=1S/C18H27ClN2O2/c1-4-7-17(22)21(13-14-8-10-15(19)11-9-14)16(6-3)18(23)20-12-5-2/h8-11,16H,4-7,12-13H2,1-3H3,(H,20,23)/t16-/m0/s1. The molecule has 0 aromatic heterocycles. The van der Waals surface area contributed by atoms with E-state index in [-0.39, 0.29) is 11.8 Å². The fraction of sp³-hybridized carbons (Fsp3) is 0.556. The van der Waals surface area contributed by atoms with Gasteiger partial charge in [-0.05, 0) is 37.0 Å². The van der Waals surface area contributed by atoms with Crippen molar-refractivity contribution in [2.45, 2.75) is 59.0 Å². The highest BCUT2D eigenvalue weighted by Gasteiger charge is 2.27. The maximum atomic E-state index is 12.5. The summed E-state index contributed by atoms with van der Waals surface area (Å²) in [6, 6.07) is 6.96. The number of nitrogens with zero attached hydrogens (tertiary/aromatic N) is 1. The van der Waals surface area contributed by atoms with Crippen molar-refractivity contribution in [3.8, 4) is 0 Å².